The highest BCUT2D eigenvalue weighted by Gasteiger charge is 2.06. The van der Waals surface area contributed by atoms with Gasteiger partial charge >= 0.3 is 5.97 Å². The zero-order valence-corrected chi connectivity index (χ0v) is 12.0. The van der Waals surface area contributed by atoms with Crippen LogP contribution in [0.1, 0.15) is 15.9 Å². The van der Waals surface area contributed by atoms with Crippen molar-refractivity contribution in [3.05, 3.63) is 46.2 Å². The van der Waals surface area contributed by atoms with Crippen molar-refractivity contribution in [3.63, 3.8) is 0 Å². The van der Waals surface area contributed by atoms with Gasteiger partial charge in [-0.3, -0.25) is 4.68 Å². The third kappa shape index (κ3) is 3.82. The number of aryl methyl sites for hydroxylation is 1. The lowest BCUT2D eigenvalue weighted by Gasteiger charge is -2.07. The summed E-state index contributed by atoms with van der Waals surface area (Å²) < 4.78 is 2.51. The number of benzene rings is 1. The molecule has 1 heterocycles. The van der Waals surface area contributed by atoms with Crippen molar-refractivity contribution in [1.29, 1.82) is 0 Å². The van der Waals surface area contributed by atoms with Gasteiger partial charge in [0.25, 0.3) is 0 Å². The summed E-state index contributed by atoms with van der Waals surface area (Å²) in [5, 5.41) is 16.3. The highest BCUT2D eigenvalue weighted by Crippen LogP contribution is 2.19. The second-order valence-electron chi connectivity index (χ2n) is 4.23. The molecular weight excluding hydrogens is 310 g/mol. The minimum absolute atomic E-state index is 0.262. The Morgan fingerprint density at radius 3 is 2.89 bits per heavy atom. The van der Waals surface area contributed by atoms with Crippen molar-refractivity contribution in [2.24, 2.45) is 7.05 Å². The quantitative estimate of drug-likeness (QED) is 0.887. The number of hydrogen-bond donors (Lipinski definition) is 2. The Hall–Kier alpha value is -1.82. The number of hydrogen-bond acceptors (Lipinski definition) is 3. The van der Waals surface area contributed by atoms with Gasteiger partial charge < -0.3 is 10.4 Å². The van der Waals surface area contributed by atoms with Gasteiger partial charge in [-0.05, 0) is 30.2 Å². The number of carboxylic acid groups (broad SMARTS) is 1. The molecule has 0 amide bonds. The fourth-order valence-electron chi connectivity index (χ4n) is 1.77. The van der Waals surface area contributed by atoms with Crippen molar-refractivity contribution < 1.29 is 9.90 Å². The molecule has 0 unspecified atom stereocenters. The van der Waals surface area contributed by atoms with Crippen LogP contribution in [0.4, 0.5) is 5.69 Å². The largest absolute Gasteiger partial charge is 0.478 e. The van der Waals surface area contributed by atoms with Crippen LogP contribution in [0.5, 0.6) is 0 Å². The Morgan fingerprint density at radius 1 is 1.47 bits per heavy atom. The molecule has 0 spiro atoms. The van der Waals surface area contributed by atoms with E-state index in [2.05, 4.69) is 26.3 Å². The molecule has 2 aromatic rings. The monoisotopic (exact) mass is 323 g/mol. The average molecular weight is 324 g/mol. The normalized spacial score (nSPS) is 10.4. The third-order valence-electron chi connectivity index (χ3n) is 2.65. The molecular formula is C13H14BrN3O2. The molecule has 0 atom stereocenters. The van der Waals surface area contributed by atoms with E-state index in [4.69, 9.17) is 5.11 Å². The summed E-state index contributed by atoms with van der Waals surface area (Å²) in [7, 11) is 1.88. The van der Waals surface area contributed by atoms with E-state index in [1.807, 2.05) is 25.5 Å². The molecule has 0 saturated carbocycles. The molecule has 0 radical (unpaired) electrons. The second-order valence-corrected chi connectivity index (χ2v) is 5.15. The number of aromatic nitrogens is 2. The Balaban J connectivity index is 1.97. The van der Waals surface area contributed by atoms with E-state index in [1.165, 1.54) is 0 Å². The molecule has 19 heavy (non-hydrogen) atoms. The third-order valence-corrected chi connectivity index (χ3v) is 3.10. The molecule has 1 aromatic carbocycles. The van der Waals surface area contributed by atoms with E-state index in [1.54, 1.807) is 16.8 Å². The summed E-state index contributed by atoms with van der Waals surface area (Å²) in [6, 6.07) is 5.06. The van der Waals surface area contributed by atoms with E-state index in [-0.39, 0.29) is 5.56 Å². The number of halogens is 1. The summed E-state index contributed by atoms with van der Waals surface area (Å²) in [5.74, 6) is -0.934. The van der Waals surface area contributed by atoms with Crippen LogP contribution in [0.3, 0.4) is 0 Å². The van der Waals surface area contributed by atoms with Crippen LogP contribution in [0.15, 0.2) is 35.1 Å². The van der Waals surface area contributed by atoms with Gasteiger partial charge in [-0.1, -0.05) is 15.9 Å². The van der Waals surface area contributed by atoms with Crippen molar-refractivity contribution >= 4 is 27.6 Å². The predicted molar refractivity (Wildman–Crippen MR) is 76.5 cm³/mol. The molecule has 1 aromatic heterocycles. The first-order valence-electron chi connectivity index (χ1n) is 5.80. The number of nitrogens with zero attached hydrogens (tertiary/aromatic N) is 2. The highest BCUT2D eigenvalue weighted by molar-refractivity contribution is 9.10. The standard InChI is InChI=1S/C13H14BrN3O2/c1-17-8-9(7-16-17)2-3-15-12-5-10(13(18)19)4-11(14)6-12/h4-8,15H,2-3H2,1H3,(H,18,19). The molecule has 2 rings (SSSR count). The lowest BCUT2D eigenvalue weighted by atomic mass is 10.2. The summed E-state index contributed by atoms with van der Waals surface area (Å²) in [4.78, 5) is 10.9. The van der Waals surface area contributed by atoms with Crippen LogP contribution in [-0.2, 0) is 13.5 Å². The fourth-order valence-corrected chi connectivity index (χ4v) is 2.26. The zero-order chi connectivity index (χ0) is 13.8. The van der Waals surface area contributed by atoms with E-state index < -0.39 is 5.97 Å². The van der Waals surface area contributed by atoms with E-state index in [9.17, 15) is 4.79 Å². The maximum Gasteiger partial charge on any atom is 0.335 e. The molecule has 2 N–H and O–H groups in total. The molecule has 100 valence electrons. The summed E-state index contributed by atoms with van der Waals surface area (Å²) in [6.45, 7) is 0.723. The number of rotatable bonds is 5. The highest BCUT2D eigenvalue weighted by atomic mass is 79.9. The van der Waals surface area contributed by atoms with Crippen LogP contribution in [0.25, 0.3) is 0 Å². The summed E-state index contributed by atoms with van der Waals surface area (Å²) >= 11 is 3.30. The lowest BCUT2D eigenvalue weighted by molar-refractivity contribution is 0.0697. The first kappa shape index (κ1) is 13.6. The van der Waals surface area contributed by atoms with Gasteiger partial charge in [0.05, 0.1) is 11.8 Å². The topological polar surface area (TPSA) is 67.2 Å². The predicted octanol–water partition coefficient (Wildman–Crippen LogP) is 2.54. The Kier molecular flexibility index (Phi) is 4.21. The zero-order valence-electron chi connectivity index (χ0n) is 10.4. The number of carboxylic acids is 1. The number of nitrogens with one attached hydrogen (secondary N) is 1. The van der Waals surface area contributed by atoms with Gasteiger partial charge in [0.1, 0.15) is 0 Å². The van der Waals surface area contributed by atoms with E-state index >= 15 is 0 Å². The molecule has 0 saturated heterocycles. The van der Waals surface area contributed by atoms with E-state index in [0.29, 0.717) is 0 Å². The van der Waals surface area contributed by atoms with Gasteiger partial charge in [-0.2, -0.15) is 5.10 Å². The van der Waals surface area contributed by atoms with Gasteiger partial charge in [-0.25, -0.2) is 4.79 Å². The molecule has 0 aliphatic rings. The van der Waals surface area contributed by atoms with Gasteiger partial charge in [0, 0.05) is 29.9 Å². The van der Waals surface area contributed by atoms with Crippen molar-refractivity contribution in [1.82, 2.24) is 9.78 Å². The first-order valence-corrected chi connectivity index (χ1v) is 6.59. The van der Waals surface area contributed by atoms with E-state index in [0.717, 1.165) is 28.7 Å². The number of aromatic carboxylic acids is 1. The van der Waals surface area contributed by atoms with Gasteiger partial charge in [0.15, 0.2) is 0 Å². The van der Waals surface area contributed by atoms with Crippen LogP contribution in [-0.4, -0.2) is 27.4 Å². The Labute approximate surface area is 119 Å². The Morgan fingerprint density at radius 2 is 2.26 bits per heavy atom. The Bertz CT molecular complexity index is 595. The first-order chi connectivity index (χ1) is 9.04. The maximum absolute atomic E-state index is 10.9. The molecule has 6 heteroatoms. The fraction of sp³-hybridized carbons (Fsp3) is 0.231. The second kappa shape index (κ2) is 5.88. The van der Waals surface area contributed by atoms with Crippen LogP contribution in [0, 0.1) is 0 Å². The molecule has 5 nitrogen and oxygen atoms in total. The van der Waals surface area contributed by atoms with Crippen molar-refractivity contribution in [3.8, 4) is 0 Å². The molecule has 0 bridgehead atoms. The lowest BCUT2D eigenvalue weighted by Crippen LogP contribution is -2.06. The van der Waals surface area contributed by atoms with Crippen LogP contribution < -0.4 is 5.32 Å². The SMILES string of the molecule is Cn1cc(CCNc2cc(Br)cc(C(=O)O)c2)cn1. The van der Waals surface area contributed by atoms with Crippen molar-refractivity contribution in [2.45, 2.75) is 6.42 Å². The molecule has 0 aliphatic carbocycles. The number of anilines is 1. The number of carbonyl (C=O) groups is 1. The van der Waals surface area contributed by atoms with Crippen molar-refractivity contribution in [2.75, 3.05) is 11.9 Å². The summed E-state index contributed by atoms with van der Waals surface area (Å²) in [6.07, 6.45) is 4.62. The molecule has 0 aliphatic heterocycles. The van der Waals surface area contributed by atoms with Crippen LogP contribution >= 0.6 is 15.9 Å². The molecule has 0 fully saturated rings. The summed E-state index contributed by atoms with van der Waals surface area (Å²) in [5.41, 5.74) is 2.19. The maximum atomic E-state index is 10.9. The van der Waals surface area contributed by atoms with Crippen LogP contribution in [0.2, 0.25) is 0 Å². The van der Waals surface area contributed by atoms with Gasteiger partial charge in [-0.15, -0.1) is 0 Å². The average Bonchev–Trinajstić information content (AvgIpc) is 2.74. The minimum Gasteiger partial charge on any atom is -0.478 e. The smallest absolute Gasteiger partial charge is 0.335 e. The minimum atomic E-state index is -0.934. The van der Waals surface area contributed by atoms with Gasteiger partial charge in [0.2, 0.25) is 0 Å².